The molecule has 0 aromatic rings. The minimum absolute atomic E-state index is 0.0477. The van der Waals surface area contributed by atoms with Crippen molar-refractivity contribution in [3.8, 4) is 0 Å². The fraction of sp³-hybridized carbons (Fsp3) is 0.375. The summed E-state index contributed by atoms with van der Waals surface area (Å²) in [5.74, 6) is -1.22. The van der Waals surface area contributed by atoms with E-state index in [9.17, 15) is 14.4 Å². The second kappa shape index (κ2) is 3.91. The summed E-state index contributed by atoms with van der Waals surface area (Å²) >= 11 is 0. The Morgan fingerprint density at radius 1 is 1.36 bits per heavy atom. The largest absolute Gasteiger partial charge is 0.463 e. The van der Waals surface area contributed by atoms with Gasteiger partial charge in [-0.05, 0) is 13.8 Å². The minimum Gasteiger partial charge on any atom is -0.463 e. The Hall–Kier alpha value is -1.85. The Balaban J connectivity index is 2.88. The van der Waals surface area contributed by atoms with Gasteiger partial charge in [-0.25, -0.2) is 9.59 Å². The molecule has 1 aliphatic rings. The van der Waals surface area contributed by atoms with Crippen molar-refractivity contribution in [1.29, 1.82) is 0 Å². The average molecular weight is 198 g/mol. The van der Waals surface area contributed by atoms with Gasteiger partial charge in [0.15, 0.2) is 0 Å². The molecule has 0 atom stereocenters. The molecule has 0 unspecified atom stereocenters. The molecule has 76 valence electrons. The summed E-state index contributed by atoms with van der Waals surface area (Å²) in [6, 6.07) is -0.631. The summed E-state index contributed by atoms with van der Waals surface area (Å²) < 4.78 is 4.67. The van der Waals surface area contributed by atoms with Crippen LogP contribution in [0.2, 0.25) is 0 Å². The second-order valence-electron chi connectivity index (χ2n) is 2.63. The van der Waals surface area contributed by atoms with Gasteiger partial charge in [0.05, 0.1) is 12.2 Å². The van der Waals surface area contributed by atoms with Crippen molar-refractivity contribution >= 4 is 17.9 Å². The molecule has 2 N–H and O–H groups in total. The lowest BCUT2D eigenvalue weighted by Gasteiger charge is -2.02. The molecule has 0 aromatic heterocycles. The van der Waals surface area contributed by atoms with Gasteiger partial charge >= 0.3 is 12.0 Å². The van der Waals surface area contributed by atoms with Crippen LogP contribution in [-0.4, -0.2) is 24.5 Å². The van der Waals surface area contributed by atoms with Crippen molar-refractivity contribution in [2.24, 2.45) is 0 Å². The predicted molar refractivity (Wildman–Crippen MR) is 46.0 cm³/mol. The summed E-state index contributed by atoms with van der Waals surface area (Å²) in [5, 5.41) is 4.21. The van der Waals surface area contributed by atoms with Gasteiger partial charge in [0.2, 0.25) is 0 Å². The number of carbonyl (C=O) groups excluding carboxylic acids is 3. The van der Waals surface area contributed by atoms with Crippen LogP contribution in [0.3, 0.4) is 0 Å². The highest BCUT2D eigenvalue weighted by molar-refractivity contribution is 6.14. The molecule has 0 aromatic carbocycles. The highest BCUT2D eigenvalue weighted by Gasteiger charge is 2.27. The van der Waals surface area contributed by atoms with Gasteiger partial charge in [0, 0.05) is 0 Å². The first-order chi connectivity index (χ1) is 6.56. The maximum absolute atomic E-state index is 11.2. The molecule has 14 heavy (non-hydrogen) atoms. The van der Waals surface area contributed by atoms with Gasteiger partial charge in [-0.15, -0.1) is 0 Å². The number of ether oxygens (including phenoxy) is 1. The Morgan fingerprint density at radius 2 is 2.00 bits per heavy atom. The lowest BCUT2D eigenvalue weighted by molar-refractivity contribution is -0.138. The molecule has 6 heteroatoms. The molecule has 0 bridgehead atoms. The molecule has 0 aliphatic carbocycles. The summed E-state index contributed by atoms with van der Waals surface area (Å²) in [6.45, 7) is 3.29. The summed E-state index contributed by atoms with van der Waals surface area (Å²) in [4.78, 5) is 33.0. The van der Waals surface area contributed by atoms with Crippen LogP contribution in [0.25, 0.3) is 0 Å². The third-order valence-electron chi connectivity index (χ3n) is 1.65. The minimum atomic E-state index is -0.631. The summed E-state index contributed by atoms with van der Waals surface area (Å²) in [6.07, 6.45) is 0. The predicted octanol–water partition coefficient (Wildman–Crippen LogP) is -0.337. The quantitative estimate of drug-likeness (QED) is 0.361. The van der Waals surface area contributed by atoms with Crippen LogP contribution < -0.4 is 10.6 Å². The van der Waals surface area contributed by atoms with E-state index in [-0.39, 0.29) is 17.9 Å². The number of hydrogen-bond acceptors (Lipinski definition) is 4. The number of rotatable bonds is 2. The first-order valence-corrected chi connectivity index (χ1v) is 4.06. The number of amides is 3. The van der Waals surface area contributed by atoms with E-state index in [2.05, 4.69) is 10.1 Å². The highest BCUT2D eigenvalue weighted by atomic mass is 16.5. The summed E-state index contributed by atoms with van der Waals surface area (Å²) in [5.41, 5.74) is 0.0450. The molecule has 6 nitrogen and oxygen atoms in total. The standard InChI is InChI=1S/C8H10N2O4/c1-3-14-7(12)4(2)5-6(11)10-8(13)9-5/h3H2,1-2H3,(H2,9,10,11,13)/b5-4-. The number of imide groups is 1. The molecule has 3 amide bonds. The van der Waals surface area contributed by atoms with Crippen LogP contribution in [0.5, 0.6) is 0 Å². The van der Waals surface area contributed by atoms with E-state index in [1.165, 1.54) is 6.92 Å². The van der Waals surface area contributed by atoms with Crippen molar-refractivity contribution < 1.29 is 19.1 Å². The Kier molecular flexibility index (Phi) is 2.85. The zero-order valence-corrected chi connectivity index (χ0v) is 7.84. The SMILES string of the molecule is CCOC(=O)/C(C)=C1\NC(=O)NC1=O. The number of urea groups is 1. The smallest absolute Gasteiger partial charge is 0.336 e. The average Bonchev–Trinajstić information content (AvgIpc) is 2.44. The molecule has 1 aliphatic heterocycles. The van der Waals surface area contributed by atoms with Crippen molar-refractivity contribution in [3.05, 3.63) is 11.3 Å². The number of esters is 1. The highest BCUT2D eigenvalue weighted by Crippen LogP contribution is 2.07. The zero-order valence-electron chi connectivity index (χ0n) is 7.84. The molecular formula is C8H10N2O4. The third kappa shape index (κ3) is 1.90. The monoisotopic (exact) mass is 198 g/mol. The van der Waals surface area contributed by atoms with Crippen LogP contribution >= 0.6 is 0 Å². The second-order valence-corrected chi connectivity index (χ2v) is 2.63. The molecule has 1 saturated heterocycles. The van der Waals surface area contributed by atoms with Crippen molar-refractivity contribution in [3.63, 3.8) is 0 Å². The molecule has 0 radical (unpaired) electrons. The van der Waals surface area contributed by atoms with Gasteiger partial charge in [-0.1, -0.05) is 0 Å². The Labute approximate surface area is 80.3 Å². The van der Waals surface area contributed by atoms with Crippen LogP contribution in [0.4, 0.5) is 4.79 Å². The van der Waals surface area contributed by atoms with Crippen LogP contribution in [-0.2, 0) is 14.3 Å². The van der Waals surface area contributed by atoms with Crippen molar-refractivity contribution in [2.75, 3.05) is 6.61 Å². The van der Waals surface area contributed by atoms with E-state index in [0.29, 0.717) is 0 Å². The van der Waals surface area contributed by atoms with Crippen LogP contribution in [0.1, 0.15) is 13.8 Å². The normalized spacial score (nSPS) is 18.7. The lowest BCUT2D eigenvalue weighted by Crippen LogP contribution is -2.22. The molecule has 0 saturated carbocycles. The zero-order chi connectivity index (χ0) is 10.7. The van der Waals surface area contributed by atoms with Gasteiger partial charge in [0.1, 0.15) is 5.70 Å². The van der Waals surface area contributed by atoms with Crippen LogP contribution in [0.15, 0.2) is 11.3 Å². The molecule has 1 rings (SSSR count). The van der Waals surface area contributed by atoms with Crippen molar-refractivity contribution in [2.45, 2.75) is 13.8 Å². The van der Waals surface area contributed by atoms with Gasteiger partial charge in [-0.2, -0.15) is 0 Å². The van der Waals surface area contributed by atoms with Crippen molar-refractivity contribution in [1.82, 2.24) is 10.6 Å². The fourth-order valence-corrected chi connectivity index (χ4v) is 0.973. The molecule has 0 spiro atoms. The Morgan fingerprint density at radius 3 is 2.43 bits per heavy atom. The van der Waals surface area contributed by atoms with E-state index in [4.69, 9.17) is 0 Å². The van der Waals surface area contributed by atoms with Gasteiger partial charge in [0.25, 0.3) is 5.91 Å². The summed E-state index contributed by atoms with van der Waals surface area (Å²) in [7, 11) is 0. The van der Waals surface area contributed by atoms with E-state index in [0.717, 1.165) is 0 Å². The Bertz CT molecular complexity index is 332. The van der Waals surface area contributed by atoms with Gasteiger partial charge in [-0.3, -0.25) is 10.1 Å². The van der Waals surface area contributed by atoms with Gasteiger partial charge < -0.3 is 10.1 Å². The topological polar surface area (TPSA) is 84.5 Å². The third-order valence-corrected chi connectivity index (χ3v) is 1.65. The first-order valence-electron chi connectivity index (χ1n) is 4.06. The van der Waals surface area contributed by atoms with E-state index in [1.54, 1.807) is 6.92 Å². The first kappa shape index (κ1) is 10.2. The van der Waals surface area contributed by atoms with E-state index in [1.807, 2.05) is 5.32 Å². The molecule has 1 fully saturated rings. The van der Waals surface area contributed by atoms with E-state index < -0.39 is 17.9 Å². The number of hydrogen-bond donors (Lipinski definition) is 2. The molecular weight excluding hydrogens is 188 g/mol. The molecule has 1 heterocycles. The fourth-order valence-electron chi connectivity index (χ4n) is 0.973. The maximum Gasteiger partial charge on any atom is 0.336 e. The number of nitrogens with one attached hydrogen (secondary N) is 2. The van der Waals surface area contributed by atoms with E-state index >= 15 is 0 Å². The number of carbonyl (C=O) groups is 3. The lowest BCUT2D eigenvalue weighted by atomic mass is 10.2. The maximum atomic E-state index is 11.2. The van der Waals surface area contributed by atoms with Crippen LogP contribution in [0, 0.1) is 0 Å².